The summed E-state index contributed by atoms with van der Waals surface area (Å²) in [6.07, 6.45) is 0. The number of hydrogen-bond acceptors (Lipinski definition) is 6. The van der Waals surface area contributed by atoms with E-state index in [4.69, 9.17) is 38.4 Å². The van der Waals surface area contributed by atoms with Crippen molar-refractivity contribution < 1.29 is 14.3 Å². The molecule has 2 heterocycles. The first-order chi connectivity index (χ1) is 13.4. The molecule has 0 fully saturated rings. The molecule has 0 aliphatic carbocycles. The normalized spacial score (nSPS) is 15.9. The fraction of sp³-hybridized carbons (Fsp3) is 0.100. The lowest BCUT2D eigenvalue weighted by atomic mass is 9.83. The van der Waals surface area contributed by atoms with Gasteiger partial charge in [-0.15, -0.1) is 0 Å². The van der Waals surface area contributed by atoms with Crippen LogP contribution in [0.1, 0.15) is 17.0 Å². The Labute approximate surface area is 173 Å². The zero-order valence-corrected chi connectivity index (χ0v) is 16.8. The predicted molar refractivity (Wildman–Crippen MR) is 110 cm³/mol. The number of rotatable bonds is 2. The molecule has 0 saturated heterocycles. The van der Waals surface area contributed by atoms with Crippen molar-refractivity contribution in [1.82, 2.24) is 0 Å². The third-order valence-corrected chi connectivity index (χ3v) is 6.19. The molecule has 1 aliphatic heterocycles. The van der Waals surface area contributed by atoms with Gasteiger partial charge in [-0.05, 0) is 24.3 Å². The van der Waals surface area contributed by atoms with E-state index in [1.165, 1.54) is 7.11 Å². The number of benzene rings is 2. The van der Waals surface area contributed by atoms with Gasteiger partial charge in [-0.3, -0.25) is 4.79 Å². The summed E-state index contributed by atoms with van der Waals surface area (Å²) in [4.78, 5) is 25.6. The summed E-state index contributed by atoms with van der Waals surface area (Å²) < 4.78 is 11.1. The van der Waals surface area contributed by atoms with Crippen LogP contribution in [0.4, 0.5) is 0 Å². The maximum absolute atomic E-state index is 13.1. The van der Waals surface area contributed by atoms with Crippen molar-refractivity contribution in [3.8, 4) is 5.75 Å². The Morgan fingerprint density at radius 3 is 2.46 bits per heavy atom. The quantitative estimate of drug-likeness (QED) is 0.604. The molecule has 3 aromatic rings. The van der Waals surface area contributed by atoms with Crippen LogP contribution in [-0.4, -0.2) is 13.1 Å². The van der Waals surface area contributed by atoms with E-state index in [1.807, 2.05) is 24.3 Å². The minimum absolute atomic E-state index is 0.00965. The van der Waals surface area contributed by atoms with Crippen molar-refractivity contribution in [2.75, 3.05) is 7.11 Å². The maximum atomic E-state index is 13.1. The number of fused-ring (bicyclic) bond motifs is 3. The van der Waals surface area contributed by atoms with Gasteiger partial charge in [-0.25, -0.2) is 4.79 Å². The molecule has 2 aromatic carbocycles. The Bertz CT molecular complexity index is 1200. The minimum atomic E-state index is -0.911. The van der Waals surface area contributed by atoms with E-state index in [1.54, 1.807) is 18.2 Å². The van der Waals surface area contributed by atoms with Gasteiger partial charge in [0.25, 0.3) is 0 Å². The van der Waals surface area contributed by atoms with Crippen molar-refractivity contribution in [3.05, 3.63) is 84.6 Å². The van der Waals surface area contributed by atoms with Crippen LogP contribution in [-0.2, 0) is 9.53 Å². The van der Waals surface area contributed by atoms with E-state index < -0.39 is 11.9 Å². The highest BCUT2D eigenvalue weighted by molar-refractivity contribution is 7.16. The molecule has 5 nitrogen and oxygen atoms in total. The van der Waals surface area contributed by atoms with Crippen LogP contribution in [0.2, 0.25) is 10.0 Å². The lowest BCUT2D eigenvalue weighted by Crippen LogP contribution is -2.30. The van der Waals surface area contributed by atoms with E-state index >= 15 is 0 Å². The lowest BCUT2D eigenvalue weighted by Gasteiger charge is -2.29. The van der Waals surface area contributed by atoms with Crippen molar-refractivity contribution in [1.29, 1.82) is 0 Å². The summed E-state index contributed by atoms with van der Waals surface area (Å²) in [6, 6.07) is 12.3. The Morgan fingerprint density at radius 2 is 1.79 bits per heavy atom. The second kappa shape index (κ2) is 7.13. The maximum Gasteiger partial charge on any atom is 0.340 e. The molecule has 1 aromatic heterocycles. The van der Waals surface area contributed by atoms with Crippen LogP contribution in [0.15, 0.2) is 58.7 Å². The lowest BCUT2D eigenvalue weighted by molar-refractivity contribution is -0.136. The molecular weight excluding hydrogens is 421 g/mol. The number of hydrogen-bond donors (Lipinski definition) is 1. The fourth-order valence-electron chi connectivity index (χ4n) is 3.35. The van der Waals surface area contributed by atoms with Crippen LogP contribution < -0.4 is 15.2 Å². The topological polar surface area (TPSA) is 78.6 Å². The first-order valence-electron chi connectivity index (χ1n) is 8.19. The summed E-state index contributed by atoms with van der Waals surface area (Å²) >= 11 is 13.9. The standard InChI is InChI=1S/C20H13Cl2NO4S/c1-26-19(24)16-14(13-10(21)6-4-7-11(13)22)15-17(27-18(16)23)9-5-2-3-8-12(9)28-20(15)25/h2-8,14H,23H2,1H3/t14-/m1/s1. The monoisotopic (exact) mass is 433 g/mol. The number of esters is 1. The fourth-order valence-corrected chi connectivity index (χ4v) is 4.90. The molecule has 8 heteroatoms. The molecule has 2 N–H and O–H groups in total. The average Bonchev–Trinajstić information content (AvgIpc) is 2.67. The van der Waals surface area contributed by atoms with Crippen LogP contribution in [0.3, 0.4) is 0 Å². The first kappa shape index (κ1) is 18.8. The van der Waals surface area contributed by atoms with Gasteiger partial charge in [0, 0.05) is 25.7 Å². The average molecular weight is 434 g/mol. The molecule has 4 rings (SSSR count). The molecule has 0 saturated carbocycles. The largest absolute Gasteiger partial charge is 0.465 e. The molecule has 0 radical (unpaired) electrons. The van der Waals surface area contributed by atoms with E-state index in [-0.39, 0.29) is 21.8 Å². The molecule has 0 amide bonds. The van der Waals surface area contributed by atoms with Crippen molar-refractivity contribution in [2.24, 2.45) is 5.73 Å². The second-order valence-electron chi connectivity index (χ2n) is 6.07. The summed E-state index contributed by atoms with van der Waals surface area (Å²) in [5.74, 6) is -1.49. The summed E-state index contributed by atoms with van der Waals surface area (Å²) in [5, 5.41) is 1.32. The predicted octanol–water partition coefficient (Wildman–Crippen LogP) is 4.44. The minimum Gasteiger partial charge on any atom is -0.465 e. The van der Waals surface area contributed by atoms with E-state index in [9.17, 15) is 9.59 Å². The van der Waals surface area contributed by atoms with Gasteiger partial charge in [0.05, 0.1) is 18.6 Å². The van der Waals surface area contributed by atoms with Crippen LogP contribution in [0, 0.1) is 0 Å². The molecule has 0 spiro atoms. The van der Waals surface area contributed by atoms with Gasteiger partial charge in [-0.1, -0.05) is 52.7 Å². The van der Waals surface area contributed by atoms with Crippen LogP contribution in [0.5, 0.6) is 5.75 Å². The zero-order chi connectivity index (χ0) is 20.0. The van der Waals surface area contributed by atoms with Crippen LogP contribution in [0.25, 0.3) is 10.1 Å². The molecular formula is C20H13Cl2NO4S. The summed E-state index contributed by atoms with van der Waals surface area (Å²) in [5.41, 5.74) is 6.76. The molecule has 1 atom stereocenters. The highest BCUT2D eigenvalue weighted by Gasteiger charge is 2.40. The number of carbonyl (C=O) groups excluding carboxylic acids is 1. The van der Waals surface area contributed by atoms with Gasteiger partial charge in [-0.2, -0.15) is 0 Å². The number of halogens is 2. The molecule has 0 unspecified atom stereocenters. The molecule has 142 valence electrons. The van der Waals surface area contributed by atoms with Crippen molar-refractivity contribution >= 4 is 50.6 Å². The van der Waals surface area contributed by atoms with Gasteiger partial charge in [0.2, 0.25) is 10.6 Å². The highest BCUT2D eigenvalue weighted by Crippen LogP contribution is 2.48. The Kier molecular flexibility index (Phi) is 4.79. The Morgan fingerprint density at radius 1 is 1.11 bits per heavy atom. The SMILES string of the molecule is COC(=O)C1=C(N)Oc2c(c(=O)sc3ccccc23)[C@H]1c1c(Cl)cccc1Cl. The molecule has 1 aliphatic rings. The Balaban J connectivity index is 2.14. The smallest absolute Gasteiger partial charge is 0.340 e. The van der Waals surface area contributed by atoms with Crippen molar-refractivity contribution in [3.63, 3.8) is 0 Å². The number of nitrogens with two attached hydrogens (primary N) is 1. The zero-order valence-electron chi connectivity index (χ0n) is 14.5. The number of carbonyl (C=O) groups is 1. The van der Waals surface area contributed by atoms with Gasteiger partial charge in [0.15, 0.2) is 0 Å². The summed E-state index contributed by atoms with van der Waals surface area (Å²) in [6.45, 7) is 0. The van der Waals surface area contributed by atoms with Crippen molar-refractivity contribution in [2.45, 2.75) is 5.92 Å². The summed E-state index contributed by atoms with van der Waals surface area (Å²) in [7, 11) is 1.23. The highest BCUT2D eigenvalue weighted by atomic mass is 35.5. The van der Waals surface area contributed by atoms with Gasteiger partial charge in [0.1, 0.15) is 11.3 Å². The third kappa shape index (κ3) is 2.85. The Hall–Kier alpha value is -2.54. The van der Waals surface area contributed by atoms with Gasteiger partial charge >= 0.3 is 5.97 Å². The first-order valence-corrected chi connectivity index (χ1v) is 9.76. The van der Waals surface area contributed by atoms with E-state index in [0.29, 0.717) is 26.7 Å². The van der Waals surface area contributed by atoms with E-state index in [0.717, 1.165) is 16.0 Å². The number of methoxy groups -OCH3 is 1. The molecule has 0 bridgehead atoms. The van der Waals surface area contributed by atoms with Gasteiger partial charge < -0.3 is 15.2 Å². The second-order valence-corrected chi connectivity index (χ2v) is 7.90. The third-order valence-electron chi connectivity index (χ3n) is 4.55. The number of ether oxygens (including phenoxy) is 2. The molecule has 28 heavy (non-hydrogen) atoms. The van der Waals surface area contributed by atoms with E-state index in [2.05, 4.69) is 0 Å². The van der Waals surface area contributed by atoms with Crippen LogP contribution >= 0.6 is 34.5 Å².